The van der Waals surface area contributed by atoms with E-state index in [4.69, 9.17) is 4.74 Å². The van der Waals surface area contributed by atoms with E-state index in [2.05, 4.69) is 23.3 Å². The summed E-state index contributed by atoms with van der Waals surface area (Å²) in [4.78, 5) is 15.9. The fourth-order valence-electron chi connectivity index (χ4n) is 1.84. The number of esters is 1. The molecule has 98 valence electrons. The summed E-state index contributed by atoms with van der Waals surface area (Å²) in [5, 5.41) is 0. The van der Waals surface area contributed by atoms with Gasteiger partial charge >= 0.3 is 5.97 Å². The first-order chi connectivity index (χ1) is 8.13. The van der Waals surface area contributed by atoms with Gasteiger partial charge in [0.2, 0.25) is 0 Å². The number of rotatable bonds is 7. The van der Waals surface area contributed by atoms with Crippen LogP contribution in [0.3, 0.4) is 0 Å². The number of hydrogen-bond acceptors (Lipinski definition) is 4. The molecule has 0 N–H and O–H groups in total. The molecule has 0 amide bonds. The van der Waals surface area contributed by atoms with Crippen LogP contribution in [0.15, 0.2) is 12.2 Å². The van der Waals surface area contributed by atoms with Crippen LogP contribution >= 0.6 is 0 Å². The summed E-state index contributed by atoms with van der Waals surface area (Å²) < 4.78 is 5.08. The highest BCUT2D eigenvalue weighted by Crippen LogP contribution is 2.06. The first-order valence-corrected chi connectivity index (χ1v) is 6.40. The van der Waals surface area contributed by atoms with Crippen LogP contribution in [0.25, 0.3) is 0 Å². The van der Waals surface area contributed by atoms with Crippen molar-refractivity contribution in [3.8, 4) is 0 Å². The van der Waals surface area contributed by atoms with Crippen molar-refractivity contribution < 1.29 is 9.53 Å². The van der Waals surface area contributed by atoms with Gasteiger partial charge in [-0.15, -0.1) is 0 Å². The minimum Gasteiger partial charge on any atom is -0.461 e. The van der Waals surface area contributed by atoms with Crippen molar-refractivity contribution >= 4 is 5.97 Å². The molecule has 4 nitrogen and oxygen atoms in total. The third-order valence-electron chi connectivity index (χ3n) is 2.95. The number of hydrogen-bond donors (Lipinski definition) is 0. The van der Waals surface area contributed by atoms with Crippen LogP contribution in [0.1, 0.15) is 26.7 Å². The predicted octanol–water partition coefficient (Wildman–Crippen LogP) is 1.48. The number of ether oxygens (including phenoxy) is 1. The molecule has 1 saturated heterocycles. The summed E-state index contributed by atoms with van der Waals surface area (Å²) in [6.45, 7) is 13.1. The lowest BCUT2D eigenvalue weighted by molar-refractivity contribution is -0.139. The quantitative estimate of drug-likeness (QED) is 0.498. The lowest BCUT2D eigenvalue weighted by Crippen LogP contribution is -2.29. The molecule has 0 atom stereocenters. The third kappa shape index (κ3) is 5.33. The van der Waals surface area contributed by atoms with Gasteiger partial charge in [0.05, 0.1) is 6.67 Å². The monoisotopic (exact) mass is 240 g/mol. The van der Waals surface area contributed by atoms with Crippen molar-refractivity contribution in [3.05, 3.63) is 12.2 Å². The van der Waals surface area contributed by atoms with Crippen molar-refractivity contribution in [1.29, 1.82) is 0 Å². The van der Waals surface area contributed by atoms with Crippen molar-refractivity contribution in [3.63, 3.8) is 0 Å². The Balaban J connectivity index is 2.09. The van der Waals surface area contributed by atoms with Crippen molar-refractivity contribution in [2.24, 2.45) is 0 Å². The lowest BCUT2D eigenvalue weighted by Gasteiger charge is -2.17. The van der Waals surface area contributed by atoms with Crippen molar-refractivity contribution in [1.82, 2.24) is 9.80 Å². The third-order valence-corrected chi connectivity index (χ3v) is 2.95. The van der Waals surface area contributed by atoms with Crippen LogP contribution in [-0.4, -0.2) is 55.2 Å². The van der Waals surface area contributed by atoms with Gasteiger partial charge in [0.25, 0.3) is 0 Å². The minimum absolute atomic E-state index is 0.285. The Kier molecular flexibility index (Phi) is 6.22. The maximum absolute atomic E-state index is 11.2. The molecule has 0 saturated carbocycles. The van der Waals surface area contributed by atoms with E-state index >= 15 is 0 Å². The Morgan fingerprint density at radius 2 is 1.94 bits per heavy atom. The van der Waals surface area contributed by atoms with Crippen LogP contribution in [0.2, 0.25) is 0 Å². The van der Waals surface area contributed by atoms with Gasteiger partial charge in [0, 0.05) is 25.2 Å². The van der Waals surface area contributed by atoms with Gasteiger partial charge in [-0.2, -0.15) is 0 Å². The number of nitrogens with zero attached hydrogens (tertiary/aromatic N) is 2. The highest BCUT2D eigenvalue weighted by Gasteiger charge is 2.18. The molecule has 0 radical (unpaired) electrons. The fraction of sp³-hybridized carbons (Fsp3) is 0.769. The molecule has 0 bridgehead atoms. The summed E-state index contributed by atoms with van der Waals surface area (Å²) in [7, 11) is 0. The zero-order valence-electron chi connectivity index (χ0n) is 11.1. The normalized spacial score (nSPS) is 17.3. The first kappa shape index (κ1) is 14.2. The number of carbonyl (C=O) groups is 1. The second kappa shape index (κ2) is 7.45. The zero-order chi connectivity index (χ0) is 12.7. The van der Waals surface area contributed by atoms with E-state index in [1.165, 1.54) is 19.4 Å². The van der Waals surface area contributed by atoms with Crippen molar-refractivity contribution in [2.45, 2.75) is 26.7 Å². The molecule has 1 fully saturated rings. The van der Waals surface area contributed by atoms with E-state index in [9.17, 15) is 4.79 Å². The molecule has 0 spiro atoms. The molecule has 0 unspecified atom stereocenters. The molecule has 1 aliphatic heterocycles. The Morgan fingerprint density at radius 1 is 1.29 bits per heavy atom. The SMILES string of the molecule is C=C(C)C(=O)OCCN1CCN(CCCC)C1. The van der Waals surface area contributed by atoms with E-state index in [1.54, 1.807) is 6.92 Å². The summed E-state index contributed by atoms with van der Waals surface area (Å²) in [6.07, 6.45) is 2.51. The molecule has 1 heterocycles. The van der Waals surface area contributed by atoms with Gasteiger partial charge in [-0.05, 0) is 19.9 Å². The topological polar surface area (TPSA) is 32.8 Å². The Labute approximate surface area is 104 Å². The number of unbranched alkanes of at least 4 members (excludes halogenated alkanes) is 1. The molecule has 4 heteroatoms. The average molecular weight is 240 g/mol. The summed E-state index contributed by atoms with van der Waals surface area (Å²) in [5.41, 5.74) is 0.469. The molecule has 0 aromatic rings. The molecular formula is C13H24N2O2. The predicted molar refractivity (Wildman–Crippen MR) is 68.7 cm³/mol. The average Bonchev–Trinajstić information content (AvgIpc) is 2.74. The van der Waals surface area contributed by atoms with E-state index in [1.807, 2.05) is 0 Å². The zero-order valence-corrected chi connectivity index (χ0v) is 11.1. The minimum atomic E-state index is -0.285. The maximum atomic E-state index is 11.2. The smallest absolute Gasteiger partial charge is 0.333 e. The number of carbonyl (C=O) groups excluding carboxylic acids is 1. The lowest BCUT2D eigenvalue weighted by atomic mass is 10.3. The molecular weight excluding hydrogens is 216 g/mol. The second-order valence-corrected chi connectivity index (χ2v) is 4.65. The molecule has 1 rings (SSSR count). The Morgan fingerprint density at radius 3 is 2.53 bits per heavy atom. The van der Waals surface area contributed by atoms with Crippen molar-refractivity contribution in [2.75, 3.05) is 39.5 Å². The molecule has 1 aliphatic rings. The van der Waals surface area contributed by atoms with Crippen LogP contribution < -0.4 is 0 Å². The summed E-state index contributed by atoms with van der Waals surface area (Å²) >= 11 is 0. The maximum Gasteiger partial charge on any atom is 0.333 e. The largest absolute Gasteiger partial charge is 0.461 e. The van der Waals surface area contributed by atoms with E-state index in [0.29, 0.717) is 12.2 Å². The standard InChI is InChI=1S/C13H24N2O2/c1-4-5-6-14-7-8-15(11-14)9-10-17-13(16)12(2)3/h2,4-11H2,1,3H3. The molecule has 0 aromatic heterocycles. The summed E-state index contributed by atoms with van der Waals surface area (Å²) in [5.74, 6) is -0.285. The second-order valence-electron chi connectivity index (χ2n) is 4.65. The van der Waals surface area contributed by atoms with Crippen LogP contribution in [0.5, 0.6) is 0 Å². The fourth-order valence-corrected chi connectivity index (χ4v) is 1.84. The Bertz CT molecular complexity index is 266. The first-order valence-electron chi connectivity index (χ1n) is 6.40. The highest BCUT2D eigenvalue weighted by molar-refractivity contribution is 5.86. The van der Waals surface area contributed by atoms with E-state index < -0.39 is 0 Å². The van der Waals surface area contributed by atoms with Gasteiger partial charge in [-0.25, -0.2) is 4.79 Å². The van der Waals surface area contributed by atoms with E-state index in [0.717, 1.165) is 26.3 Å². The van der Waals surface area contributed by atoms with Gasteiger partial charge in [0.1, 0.15) is 6.61 Å². The molecule has 17 heavy (non-hydrogen) atoms. The molecule has 0 aliphatic carbocycles. The van der Waals surface area contributed by atoms with E-state index in [-0.39, 0.29) is 5.97 Å². The summed E-state index contributed by atoms with van der Waals surface area (Å²) in [6, 6.07) is 0. The molecule has 0 aromatic carbocycles. The van der Waals surface area contributed by atoms with Gasteiger partial charge < -0.3 is 4.74 Å². The van der Waals surface area contributed by atoms with Crippen LogP contribution in [0.4, 0.5) is 0 Å². The van der Waals surface area contributed by atoms with Crippen LogP contribution in [-0.2, 0) is 9.53 Å². The van der Waals surface area contributed by atoms with Gasteiger partial charge in [0.15, 0.2) is 0 Å². The van der Waals surface area contributed by atoms with Gasteiger partial charge in [-0.3, -0.25) is 9.80 Å². The highest BCUT2D eigenvalue weighted by atomic mass is 16.5. The van der Waals surface area contributed by atoms with Gasteiger partial charge in [-0.1, -0.05) is 19.9 Å². The Hall–Kier alpha value is -0.870. The van der Waals surface area contributed by atoms with Crippen LogP contribution in [0, 0.1) is 0 Å².